The Hall–Kier alpha value is -1.69. The second kappa shape index (κ2) is 5.77. The fourth-order valence-electron chi connectivity index (χ4n) is 1.76. The van der Waals surface area contributed by atoms with Gasteiger partial charge in [0.15, 0.2) is 0 Å². The Bertz CT molecular complexity index is 497. The number of thiazole rings is 1. The van der Waals surface area contributed by atoms with E-state index in [-0.39, 0.29) is 6.04 Å². The zero-order chi connectivity index (χ0) is 13.0. The van der Waals surface area contributed by atoms with Gasteiger partial charge in [0.1, 0.15) is 23.0 Å². The van der Waals surface area contributed by atoms with Crippen molar-refractivity contribution in [2.45, 2.75) is 32.7 Å². The molecule has 1 unspecified atom stereocenters. The van der Waals surface area contributed by atoms with Gasteiger partial charge in [-0.1, -0.05) is 13.3 Å². The first kappa shape index (κ1) is 12.8. The molecule has 0 radical (unpaired) electrons. The number of nitrogens with two attached hydrogens (primary N) is 1. The van der Waals surface area contributed by atoms with Crippen LogP contribution in [0, 0.1) is 0 Å². The van der Waals surface area contributed by atoms with Gasteiger partial charge >= 0.3 is 0 Å². The highest BCUT2D eigenvalue weighted by atomic mass is 32.1. The SMILES string of the molecule is CCCc1c(N)ncnc1NC(C)c1nccs1. The predicted octanol–water partition coefficient (Wildman–Crippen LogP) is 2.64. The van der Waals surface area contributed by atoms with E-state index >= 15 is 0 Å². The van der Waals surface area contributed by atoms with Gasteiger partial charge in [-0.05, 0) is 13.3 Å². The van der Waals surface area contributed by atoms with Crippen molar-refractivity contribution in [2.24, 2.45) is 0 Å². The zero-order valence-electron chi connectivity index (χ0n) is 10.6. The summed E-state index contributed by atoms with van der Waals surface area (Å²) in [7, 11) is 0. The molecule has 2 aromatic rings. The summed E-state index contributed by atoms with van der Waals surface area (Å²) in [5, 5.41) is 6.36. The highest BCUT2D eigenvalue weighted by Gasteiger charge is 2.13. The van der Waals surface area contributed by atoms with E-state index in [2.05, 4.69) is 34.1 Å². The van der Waals surface area contributed by atoms with E-state index in [4.69, 9.17) is 5.73 Å². The minimum atomic E-state index is 0.120. The molecule has 0 saturated carbocycles. The van der Waals surface area contributed by atoms with Crippen LogP contribution in [0.15, 0.2) is 17.9 Å². The van der Waals surface area contributed by atoms with Crippen molar-refractivity contribution in [3.63, 3.8) is 0 Å². The van der Waals surface area contributed by atoms with Crippen molar-refractivity contribution in [3.05, 3.63) is 28.5 Å². The highest BCUT2D eigenvalue weighted by Crippen LogP contribution is 2.24. The molecule has 1 atom stereocenters. The molecule has 2 rings (SSSR count). The van der Waals surface area contributed by atoms with Crippen molar-refractivity contribution in [1.29, 1.82) is 0 Å². The molecule has 0 amide bonds. The molecule has 18 heavy (non-hydrogen) atoms. The maximum Gasteiger partial charge on any atom is 0.135 e. The fraction of sp³-hybridized carbons (Fsp3) is 0.417. The molecule has 0 bridgehead atoms. The van der Waals surface area contributed by atoms with E-state index in [1.54, 1.807) is 17.5 Å². The first-order chi connectivity index (χ1) is 8.72. The van der Waals surface area contributed by atoms with Crippen LogP contribution < -0.4 is 11.1 Å². The van der Waals surface area contributed by atoms with Crippen molar-refractivity contribution < 1.29 is 0 Å². The van der Waals surface area contributed by atoms with E-state index in [9.17, 15) is 0 Å². The van der Waals surface area contributed by atoms with Crippen molar-refractivity contribution in [1.82, 2.24) is 15.0 Å². The number of nitrogens with one attached hydrogen (secondary N) is 1. The lowest BCUT2D eigenvalue weighted by Crippen LogP contribution is -2.12. The molecule has 0 spiro atoms. The topological polar surface area (TPSA) is 76.7 Å². The number of nitrogens with zero attached hydrogens (tertiary/aromatic N) is 3. The molecule has 0 fully saturated rings. The maximum absolute atomic E-state index is 5.90. The lowest BCUT2D eigenvalue weighted by Gasteiger charge is -2.15. The second-order valence-corrected chi connectivity index (χ2v) is 5.00. The summed E-state index contributed by atoms with van der Waals surface area (Å²) in [6.45, 7) is 4.17. The second-order valence-electron chi connectivity index (χ2n) is 4.07. The van der Waals surface area contributed by atoms with E-state index in [0.29, 0.717) is 5.82 Å². The van der Waals surface area contributed by atoms with Gasteiger partial charge < -0.3 is 11.1 Å². The van der Waals surface area contributed by atoms with Crippen LogP contribution in [0.1, 0.15) is 36.9 Å². The summed E-state index contributed by atoms with van der Waals surface area (Å²) in [5.41, 5.74) is 6.89. The largest absolute Gasteiger partial charge is 0.383 e. The average molecular weight is 263 g/mol. The molecule has 3 N–H and O–H groups in total. The number of rotatable bonds is 5. The van der Waals surface area contributed by atoms with Crippen molar-refractivity contribution >= 4 is 23.0 Å². The summed E-state index contributed by atoms with van der Waals surface area (Å²) < 4.78 is 0. The first-order valence-corrected chi connectivity index (χ1v) is 6.85. The number of anilines is 2. The molecule has 6 heteroatoms. The predicted molar refractivity (Wildman–Crippen MR) is 74.6 cm³/mol. The summed E-state index contributed by atoms with van der Waals surface area (Å²) >= 11 is 1.63. The minimum absolute atomic E-state index is 0.120. The summed E-state index contributed by atoms with van der Waals surface area (Å²) in [6, 6.07) is 0.120. The van der Waals surface area contributed by atoms with Crippen LogP contribution in [0.3, 0.4) is 0 Å². The van der Waals surface area contributed by atoms with Gasteiger partial charge in [0.2, 0.25) is 0 Å². The minimum Gasteiger partial charge on any atom is -0.383 e. The monoisotopic (exact) mass is 263 g/mol. The summed E-state index contributed by atoms with van der Waals surface area (Å²) in [6.07, 6.45) is 5.18. The Morgan fingerprint density at radius 1 is 1.39 bits per heavy atom. The van der Waals surface area contributed by atoms with Crippen LogP contribution in [-0.4, -0.2) is 15.0 Å². The van der Waals surface area contributed by atoms with Gasteiger partial charge in [0, 0.05) is 17.1 Å². The zero-order valence-corrected chi connectivity index (χ0v) is 11.4. The van der Waals surface area contributed by atoms with E-state index in [1.807, 2.05) is 5.38 Å². The van der Waals surface area contributed by atoms with Crippen LogP contribution in [0.2, 0.25) is 0 Å². The van der Waals surface area contributed by atoms with Crippen molar-refractivity contribution in [2.75, 3.05) is 11.1 Å². The van der Waals surface area contributed by atoms with Crippen molar-refractivity contribution in [3.8, 4) is 0 Å². The summed E-state index contributed by atoms with van der Waals surface area (Å²) in [5.74, 6) is 1.37. The smallest absolute Gasteiger partial charge is 0.135 e. The molecular weight excluding hydrogens is 246 g/mol. The molecule has 0 aromatic carbocycles. The van der Waals surface area contributed by atoms with Gasteiger partial charge in [0.05, 0.1) is 6.04 Å². The molecule has 0 aliphatic heterocycles. The quantitative estimate of drug-likeness (QED) is 0.867. The Morgan fingerprint density at radius 3 is 2.89 bits per heavy atom. The Labute approximate surface area is 111 Å². The third kappa shape index (κ3) is 2.76. The highest BCUT2D eigenvalue weighted by molar-refractivity contribution is 7.09. The lowest BCUT2D eigenvalue weighted by atomic mass is 10.1. The molecule has 2 aromatic heterocycles. The number of aromatic nitrogens is 3. The van der Waals surface area contributed by atoms with Crippen LogP contribution in [0.4, 0.5) is 11.6 Å². The molecular formula is C12H17N5S. The Balaban J connectivity index is 2.20. The number of hydrogen-bond donors (Lipinski definition) is 2. The number of nitrogen functional groups attached to an aromatic ring is 1. The standard InChI is InChI=1S/C12H17N5S/c1-3-4-9-10(13)15-7-16-11(9)17-8(2)12-14-5-6-18-12/h5-8H,3-4H2,1-2H3,(H3,13,15,16,17). The Morgan fingerprint density at radius 2 is 2.22 bits per heavy atom. The van der Waals surface area contributed by atoms with Crippen LogP contribution in [0.25, 0.3) is 0 Å². The lowest BCUT2D eigenvalue weighted by molar-refractivity contribution is 0.840. The first-order valence-electron chi connectivity index (χ1n) is 5.97. The van der Waals surface area contributed by atoms with Crippen LogP contribution in [0.5, 0.6) is 0 Å². The normalized spacial score (nSPS) is 12.3. The fourth-order valence-corrected chi connectivity index (χ4v) is 2.41. The summed E-state index contributed by atoms with van der Waals surface area (Å²) in [4.78, 5) is 12.6. The maximum atomic E-state index is 5.90. The van der Waals surface area contributed by atoms with E-state index in [1.165, 1.54) is 6.33 Å². The van der Waals surface area contributed by atoms with Gasteiger partial charge in [-0.3, -0.25) is 0 Å². The molecule has 0 aliphatic rings. The molecule has 96 valence electrons. The van der Waals surface area contributed by atoms with Gasteiger partial charge in [-0.15, -0.1) is 11.3 Å². The molecule has 0 saturated heterocycles. The Kier molecular flexibility index (Phi) is 4.09. The van der Waals surface area contributed by atoms with Crippen LogP contribution >= 0.6 is 11.3 Å². The number of hydrogen-bond acceptors (Lipinski definition) is 6. The molecule has 2 heterocycles. The third-order valence-corrected chi connectivity index (χ3v) is 3.61. The van der Waals surface area contributed by atoms with Crippen LogP contribution in [-0.2, 0) is 6.42 Å². The van der Waals surface area contributed by atoms with E-state index < -0.39 is 0 Å². The van der Waals surface area contributed by atoms with E-state index in [0.717, 1.165) is 29.2 Å². The van der Waals surface area contributed by atoms with Gasteiger partial charge in [-0.2, -0.15) is 0 Å². The average Bonchev–Trinajstić information content (AvgIpc) is 2.87. The molecule has 0 aliphatic carbocycles. The van der Waals surface area contributed by atoms with Gasteiger partial charge in [0.25, 0.3) is 0 Å². The molecule has 5 nitrogen and oxygen atoms in total. The van der Waals surface area contributed by atoms with Gasteiger partial charge in [-0.25, -0.2) is 15.0 Å². The third-order valence-electron chi connectivity index (χ3n) is 2.65.